The molecule has 1 heterocycles. The first-order chi connectivity index (χ1) is 8.63. The van der Waals surface area contributed by atoms with E-state index < -0.39 is 0 Å². The third kappa shape index (κ3) is 5.22. The van der Waals surface area contributed by atoms with Crippen molar-refractivity contribution in [2.24, 2.45) is 5.92 Å². The lowest BCUT2D eigenvalue weighted by molar-refractivity contribution is 0.0703. The van der Waals surface area contributed by atoms with Gasteiger partial charge in [0.15, 0.2) is 0 Å². The van der Waals surface area contributed by atoms with Crippen LogP contribution in [0.3, 0.4) is 0 Å². The molecule has 108 valence electrons. The Morgan fingerprint density at radius 3 is 2.56 bits per heavy atom. The maximum absolute atomic E-state index is 9.57. The van der Waals surface area contributed by atoms with Crippen molar-refractivity contribution in [2.75, 3.05) is 46.5 Å². The molecule has 0 radical (unpaired) electrons. The van der Waals surface area contributed by atoms with Crippen LogP contribution in [0.15, 0.2) is 0 Å². The smallest absolute Gasteiger partial charge is 0.0623 e. The van der Waals surface area contributed by atoms with E-state index in [1.54, 1.807) is 7.11 Å². The first-order valence-corrected chi connectivity index (χ1v) is 7.20. The number of rotatable bonds is 8. The van der Waals surface area contributed by atoms with Crippen LogP contribution in [-0.4, -0.2) is 62.0 Å². The molecule has 1 aliphatic heterocycles. The van der Waals surface area contributed by atoms with Gasteiger partial charge in [0.1, 0.15) is 0 Å². The Hall–Kier alpha value is -0.160. The Labute approximate surface area is 112 Å². The standard InChI is InChI=1S/C14H30N2O2/c1-4-7-15-14(2,12-17)11-16-8-5-13(6-9-16)10-18-3/h13,15,17H,4-12H2,1-3H3. The average Bonchev–Trinajstić information content (AvgIpc) is 2.39. The van der Waals surface area contributed by atoms with Crippen LogP contribution in [0.5, 0.6) is 0 Å². The molecule has 1 atom stereocenters. The fourth-order valence-electron chi connectivity index (χ4n) is 2.63. The van der Waals surface area contributed by atoms with Crippen LogP contribution in [0.4, 0.5) is 0 Å². The second-order valence-corrected chi connectivity index (χ2v) is 5.82. The minimum Gasteiger partial charge on any atom is -0.394 e. The summed E-state index contributed by atoms with van der Waals surface area (Å²) in [6.07, 6.45) is 3.53. The molecule has 1 rings (SSSR count). The number of hydrogen-bond donors (Lipinski definition) is 2. The molecule has 0 aromatic carbocycles. The molecule has 18 heavy (non-hydrogen) atoms. The number of likely N-dealkylation sites (tertiary alicyclic amines) is 1. The molecule has 0 saturated carbocycles. The lowest BCUT2D eigenvalue weighted by Gasteiger charge is -2.38. The van der Waals surface area contributed by atoms with Crippen molar-refractivity contribution >= 4 is 0 Å². The highest BCUT2D eigenvalue weighted by molar-refractivity contribution is 4.87. The Morgan fingerprint density at radius 1 is 1.39 bits per heavy atom. The Kier molecular flexibility index (Phi) is 7.15. The summed E-state index contributed by atoms with van der Waals surface area (Å²) in [4.78, 5) is 2.46. The first kappa shape index (κ1) is 15.9. The van der Waals surface area contributed by atoms with Gasteiger partial charge in [0.05, 0.1) is 12.1 Å². The van der Waals surface area contributed by atoms with Crippen molar-refractivity contribution in [1.29, 1.82) is 0 Å². The molecule has 1 aliphatic rings. The van der Waals surface area contributed by atoms with E-state index in [1.807, 2.05) is 0 Å². The SMILES string of the molecule is CCCNC(C)(CO)CN1CCC(COC)CC1. The summed E-state index contributed by atoms with van der Waals surface area (Å²) in [5, 5.41) is 13.0. The summed E-state index contributed by atoms with van der Waals surface area (Å²) in [7, 11) is 1.78. The molecular weight excluding hydrogens is 228 g/mol. The molecule has 0 spiro atoms. The fourth-order valence-corrected chi connectivity index (χ4v) is 2.63. The molecule has 0 aromatic heterocycles. The van der Waals surface area contributed by atoms with Crippen LogP contribution in [0.1, 0.15) is 33.1 Å². The van der Waals surface area contributed by atoms with Crippen LogP contribution in [0.25, 0.3) is 0 Å². The van der Waals surface area contributed by atoms with Crippen LogP contribution in [0, 0.1) is 5.92 Å². The Balaban J connectivity index is 2.33. The van der Waals surface area contributed by atoms with Gasteiger partial charge >= 0.3 is 0 Å². The van der Waals surface area contributed by atoms with Crippen molar-refractivity contribution in [3.05, 3.63) is 0 Å². The van der Waals surface area contributed by atoms with Gasteiger partial charge in [-0.3, -0.25) is 0 Å². The van der Waals surface area contributed by atoms with E-state index in [4.69, 9.17) is 4.74 Å². The predicted octanol–water partition coefficient (Wildman–Crippen LogP) is 1.10. The van der Waals surface area contributed by atoms with Crippen molar-refractivity contribution in [1.82, 2.24) is 10.2 Å². The molecule has 0 aliphatic carbocycles. The summed E-state index contributed by atoms with van der Waals surface area (Å²) in [6.45, 7) is 9.50. The van der Waals surface area contributed by atoms with Gasteiger partial charge in [-0.1, -0.05) is 6.92 Å². The molecule has 4 nitrogen and oxygen atoms in total. The number of aliphatic hydroxyl groups excluding tert-OH is 1. The van der Waals surface area contributed by atoms with Gasteiger partial charge in [-0.15, -0.1) is 0 Å². The minimum absolute atomic E-state index is 0.163. The first-order valence-electron chi connectivity index (χ1n) is 7.20. The monoisotopic (exact) mass is 258 g/mol. The third-order valence-electron chi connectivity index (χ3n) is 3.83. The zero-order chi connectivity index (χ0) is 13.4. The summed E-state index contributed by atoms with van der Waals surface area (Å²) in [5.74, 6) is 0.718. The molecule has 4 heteroatoms. The minimum atomic E-state index is -0.163. The highest BCUT2D eigenvalue weighted by Crippen LogP contribution is 2.19. The number of nitrogens with zero attached hydrogens (tertiary/aromatic N) is 1. The van der Waals surface area contributed by atoms with E-state index in [-0.39, 0.29) is 12.1 Å². The van der Waals surface area contributed by atoms with E-state index in [0.29, 0.717) is 0 Å². The van der Waals surface area contributed by atoms with Gasteiger partial charge in [0, 0.05) is 20.3 Å². The van der Waals surface area contributed by atoms with E-state index in [0.717, 1.165) is 45.1 Å². The lowest BCUT2D eigenvalue weighted by atomic mass is 9.95. The van der Waals surface area contributed by atoms with Crippen LogP contribution in [0.2, 0.25) is 0 Å². The Morgan fingerprint density at radius 2 is 2.06 bits per heavy atom. The zero-order valence-corrected chi connectivity index (χ0v) is 12.2. The van der Waals surface area contributed by atoms with Gasteiger partial charge in [-0.25, -0.2) is 0 Å². The maximum atomic E-state index is 9.57. The topological polar surface area (TPSA) is 44.7 Å². The van der Waals surface area contributed by atoms with Crippen molar-refractivity contribution < 1.29 is 9.84 Å². The van der Waals surface area contributed by atoms with Crippen LogP contribution in [-0.2, 0) is 4.74 Å². The largest absolute Gasteiger partial charge is 0.394 e. The van der Waals surface area contributed by atoms with Gasteiger partial charge in [0.25, 0.3) is 0 Å². The van der Waals surface area contributed by atoms with Crippen LogP contribution < -0.4 is 5.32 Å². The van der Waals surface area contributed by atoms with Gasteiger partial charge < -0.3 is 20.1 Å². The van der Waals surface area contributed by atoms with E-state index >= 15 is 0 Å². The second-order valence-electron chi connectivity index (χ2n) is 5.82. The highest BCUT2D eigenvalue weighted by Gasteiger charge is 2.28. The Bertz CT molecular complexity index is 218. The lowest BCUT2D eigenvalue weighted by Crippen LogP contribution is -2.55. The number of aliphatic hydroxyl groups is 1. The molecule has 0 aromatic rings. The summed E-state index contributed by atoms with van der Waals surface area (Å²) in [6, 6.07) is 0. The van der Waals surface area contributed by atoms with Crippen LogP contribution >= 0.6 is 0 Å². The van der Waals surface area contributed by atoms with E-state index in [1.165, 1.54) is 12.8 Å². The zero-order valence-electron chi connectivity index (χ0n) is 12.2. The normalized spacial score (nSPS) is 22.0. The van der Waals surface area contributed by atoms with Gasteiger partial charge in [0.2, 0.25) is 0 Å². The second kappa shape index (κ2) is 8.10. The summed E-state index contributed by atoms with van der Waals surface area (Å²) >= 11 is 0. The molecule has 0 bridgehead atoms. The highest BCUT2D eigenvalue weighted by atomic mass is 16.5. The number of piperidine rings is 1. The molecular formula is C14H30N2O2. The summed E-state index contributed by atoms with van der Waals surface area (Å²) < 4.78 is 5.22. The number of methoxy groups -OCH3 is 1. The predicted molar refractivity (Wildman–Crippen MR) is 74.8 cm³/mol. The van der Waals surface area contributed by atoms with Crippen molar-refractivity contribution in [3.63, 3.8) is 0 Å². The molecule has 0 amide bonds. The van der Waals surface area contributed by atoms with Gasteiger partial charge in [-0.2, -0.15) is 0 Å². The molecule has 1 saturated heterocycles. The number of nitrogens with one attached hydrogen (secondary N) is 1. The fraction of sp³-hybridized carbons (Fsp3) is 1.00. The average molecular weight is 258 g/mol. The maximum Gasteiger partial charge on any atom is 0.0623 e. The van der Waals surface area contributed by atoms with Crippen molar-refractivity contribution in [3.8, 4) is 0 Å². The van der Waals surface area contributed by atoms with E-state index in [9.17, 15) is 5.11 Å². The molecule has 2 N–H and O–H groups in total. The van der Waals surface area contributed by atoms with Crippen molar-refractivity contribution in [2.45, 2.75) is 38.6 Å². The quantitative estimate of drug-likeness (QED) is 0.684. The molecule has 1 unspecified atom stereocenters. The number of ether oxygens (including phenoxy) is 1. The molecule has 1 fully saturated rings. The summed E-state index contributed by atoms with van der Waals surface area (Å²) in [5.41, 5.74) is -0.163. The third-order valence-corrected chi connectivity index (χ3v) is 3.83. The van der Waals surface area contributed by atoms with E-state index in [2.05, 4.69) is 24.1 Å². The number of hydrogen-bond acceptors (Lipinski definition) is 4. The van der Waals surface area contributed by atoms with Gasteiger partial charge in [-0.05, 0) is 51.7 Å².